The van der Waals surface area contributed by atoms with Crippen LogP contribution in [0, 0.1) is 0 Å². The van der Waals surface area contributed by atoms with E-state index in [-0.39, 0.29) is 12.5 Å². The molecule has 3 aromatic carbocycles. The Bertz CT molecular complexity index is 1010. The molecule has 0 aliphatic rings. The molecule has 1 N–H and O–H groups in total. The van der Waals surface area contributed by atoms with Crippen LogP contribution >= 0.6 is 0 Å². The van der Waals surface area contributed by atoms with Crippen LogP contribution in [0.4, 0.5) is 5.69 Å². The van der Waals surface area contributed by atoms with Gasteiger partial charge in [0, 0.05) is 5.69 Å². The second kappa shape index (κ2) is 11.0. The third-order valence-corrected chi connectivity index (χ3v) is 4.92. The summed E-state index contributed by atoms with van der Waals surface area (Å²) in [6.45, 7) is 4.13. The minimum atomic E-state index is -0.570. The molecule has 1 amide bonds. The standard InChI is InChI=1S/C26H27NO4/c1-3-20-12-8-13-21(4-2)25(20)27-24(28)18-31-26(29)22-14-9-15-23(16-22)30-17-19-10-6-5-7-11-19/h5-16H,3-4,17-18H2,1-2H3,(H,27,28). The third-order valence-electron chi connectivity index (χ3n) is 4.92. The van der Waals surface area contributed by atoms with Gasteiger partial charge in [-0.1, -0.05) is 68.4 Å². The van der Waals surface area contributed by atoms with Gasteiger partial charge in [-0.2, -0.15) is 0 Å². The molecule has 0 radical (unpaired) electrons. The molecule has 3 aromatic rings. The third kappa shape index (κ3) is 6.19. The van der Waals surface area contributed by atoms with Gasteiger partial charge in [-0.25, -0.2) is 4.79 Å². The maximum absolute atomic E-state index is 12.4. The van der Waals surface area contributed by atoms with Crippen LogP contribution in [0.3, 0.4) is 0 Å². The highest BCUT2D eigenvalue weighted by Gasteiger charge is 2.14. The average Bonchev–Trinajstić information content (AvgIpc) is 2.82. The molecule has 0 fully saturated rings. The van der Waals surface area contributed by atoms with Crippen LogP contribution in [-0.2, 0) is 29.0 Å². The molecule has 0 saturated carbocycles. The van der Waals surface area contributed by atoms with E-state index < -0.39 is 5.97 Å². The minimum absolute atomic E-state index is 0.335. The molecule has 0 aliphatic carbocycles. The predicted octanol–water partition coefficient (Wildman–Crippen LogP) is 5.19. The van der Waals surface area contributed by atoms with Gasteiger partial charge in [0.05, 0.1) is 5.56 Å². The van der Waals surface area contributed by atoms with Crippen molar-refractivity contribution in [1.82, 2.24) is 0 Å². The maximum Gasteiger partial charge on any atom is 0.338 e. The molecule has 0 aromatic heterocycles. The first-order valence-electron chi connectivity index (χ1n) is 10.4. The highest BCUT2D eigenvalue weighted by molar-refractivity contribution is 5.96. The first-order chi connectivity index (χ1) is 15.1. The topological polar surface area (TPSA) is 64.6 Å². The number of carbonyl (C=O) groups excluding carboxylic acids is 2. The van der Waals surface area contributed by atoms with E-state index in [1.165, 1.54) is 0 Å². The summed E-state index contributed by atoms with van der Waals surface area (Å²) in [5, 5.41) is 2.90. The number of amides is 1. The van der Waals surface area contributed by atoms with Gasteiger partial charge >= 0.3 is 5.97 Å². The molecule has 0 spiro atoms. The number of benzene rings is 3. The number of anilines is 1. The summed E-state index contributed by atoms with van der Waals surface area (Å²) >= 11 is 0. The van der Waals surface area contributed by atoms with E-state index in [1.807, 2.05) is 62.4 Å². The van der Waals surface area contributed by atoms with Crippen molar-refractivity contribution in [2.75, 3.05) is 11.9 Å². The van der Waals surface area contributed by atoms with E-state index in [1.54, 1.807) is 24.3 Å². The molecule has 0 bridgehead atoms. The Morgan fingerprint density at radius 3 is 2.19 bits per heavy atom. The van der Waals surface area contributed by atoms with Crippen LogP contribution in [0.15, 0.2) is 72.8 Å². The van der Waals surface area contributed by atoms with Gasteiger partial charge in [0.15, 0.2) is 6.61 Å². The zero-order valence-electron chi connectivity index (χ0n) is 17.9. The van der Waals surface area contributed by atoms with Crippen LogP contribution in [-0.4, -0.2) is 18.5 Å². The van der Waals surface area contributed by atoms with Crippen molar-refractivity contribution in [3.8, 4) is 5.75 Å². The van der Waals surface area contributed by atoms with Crippen molar-refractivity contribution in [2.24, 2.45) is 0 Å². The molecule has 5 heteroatoms. The van der Waals surface area contributed by atoms with E-state index in [9.17, 15) is 9.59 Å². The van der Waals surface area contributed by atoms with Gasteiger partial charge in [0.1, 0.15) is 12.4 Å². The van der Waals surface area contributed by atoms with Crippen molar-refractivity contribution in [3.63, 3.8) is 0 Å². The van der Waals surface area contributed by atoms with Crippen LogP contribution in [0.2, 0.25) is 0 Å². The zero-order chi connectivity index (χ0) is 22.1. The van der Waals surface area contributed by atoms with E-state index in [4.69, 9.17) is 9.47 Å². The lowest BCUT2D eigenvalue weighted by molar-refractivity contribution is -0.119. The van der Waals surface area contributed by atoms with E-state index in [0.29, 0.717) is 17.9 Å². The van der Waals surface area contributed by atoms with Crippen molar-refractivity contribution in [2.45, 2.75) is 33.3 Å². The van der Waals surface area contributed by atoms with Gasteiger partial charge in [-0.15, -0.1) is 0 Å². The van der Waals surface area contributed by atoms with Gasteiger partial charge < -0.3 is 14.8 Å². The fourth-order valence-corrected chi connectivity index (χ4v) is 3.25. The van der Waals surface area contributed by atoms with E-state index >= 15 is 0 Å². The number of esters is 1. The summed E-state index contributed by atoms with van der Waals surface area (Å²) in [5.74, 6) is -0.368. The lowest BCUT2D eigenvalue weighted by Gasteiger charge is -2.14. The molecule has 0 heterocycles. The van der Waals surface area contributed by atoms with Gasteiger partial charge in [0.2, 0.25) is 0 Å². The Labute approximate surface area is 183 Å². The van der Waals surface area contributed by atoms with Gasteiger partial charge in [0.25, 0.3) is 5.91 Å². The molecule has 31 heavy (non-hydrogen) atoms. The Morgan fingerprint density at radius 2 is 1.52 bits per heavy atom. The van der Waals surface area contributed by atoms with Crippen molar-refractivity contribution in [3.05, 3.63) is 95.1 Å². The van der Waals surface area contributed by atoms with Crippen molar-refractivity contribution in [1.29, 1.82) is 0 Å². The number of carbonyl (C=O) groups is 2. The Hall–Kier alpha value is -3.60. The fourth-order valence-electron chi connectivity index (χ4n) is 3.25. The molecular weight excluding hydrogens is 390 g/mol. The van der Waals surface area contributed by atoms with Gasteiger partial charge in [-0.3, -0.25) is 4.79 Å². The Morgan fingerprint density at radius 1 is 0.839 bits per heavy atom. The second-order valence-electron chi connectivity index (χ2n) is 7.08. The number of ether oxygens (including phenoxy) is 2. The van der Waals surface area contributed by atoms with Crippen LogP contribution in [0.5, 0.6) is 5.75 Å². The predicted molar refractivity (Wildman–Crippen MR) is 121 cm³/mol. The first kappa shape index (κ1) is 22.1. The summed E-state index contributed by atoms with van der Waals surface area (Å²) in [5.41, 5.74) is 4.29. The lowest BCUT2D eigenvalue weighted by Crippen LogP contribution is -2.22. The summed E-state index contributed by atoms with van der Waals surface area (Å²) in [6.07, 6.45) is 1.61. The Balaban J connectivity index is 1.57. The summed E-state index contributed by atoms with van der Waals surface area (Å²) in [7, 11) is 0. The SMILES string of the molecule is CCc1cccc(CC)c1NC(=O)COC(=O)c1cccc(OCc2ccccc2)c1. The monoisotopic (exact) mass is 417 g/mol. The number of nitrogens with one attached hydrogen (secondary N) is 1. The summed E-state index contributed by atoms with van der Waals surface area (Å²) in [6, 6.07) is 22.5. The highest BCUT2D eigenvalue weighted by atomic mass is 16.5. The second-order valence-corrected chi connectivity index (χ2v) is 7.08. The largest absolute Gasteiger partial charge is 0.489 e. The summed E-state index contributed by atoms with van der Waals surface area (Å²) < 4.78 is 11.0. The molecule has 5 nitrogen and oxygen atoms in total. The first-order valence-corrected chi connectivity index (χ1v) is 10.4. The van der Waals surface area contributed by atoms with E-state index in [2.05, 4.69) is 5.32 Å². The highest BCUT2D eigenvalue weighted by Crippen LogP contribution is 2.22. The molecule has 3 rings (SSSR count). The fraction of sp³-hybridized carbons (Fsp3) is 0.231. The number of hydrogen-bond donors (Lipinski definition) is 1. The number of rotatable bonds is 9. The number of hydrogen-bond acceptors (Lipinski definition) is 4. The van der Waals surface area contributed by atoms with Crippen molar-refractivity contribution < 1.29 is 19.1 Å². The van der Waals surface area contributed by atoms with Crippen LogP contribution < -0.4 is 10.1 Å². The Kier molecular flexibility index (Phi) is 7.82. The van der Waals surface area contributed by atoms with E-state index in [0.717, 1.165) is 35.2 Å². The molecule has 0 atom stereocenters. The summed E-state index contributed by atoms with van der Waals surface area (Å²) in [4.78, 5) is 24.8. The van der Waals surface area contributed by atoms with Gasteiger partial charge in [-0.05, 0) is 47.7 Å². The molecule has 0 saturated heterocycles. The average molecular weight is 418 g/mol. The molecule has 0 aliphatic heterocycles. The minimum Gasteiger partial charge on any atom is -0.489 e. The quantitative estimate of drug-likeness (QED) is 0.487. The molecular formula is C26H27NO4. The smallest absolute Gasteiger partial charge is 0.338 e. The number of aryl methyl sites for hydroxylation is 2. The zero-order valence-corrected chi connectivity index (χ0v) is 17.9. The van der Waals surface area contributed by atoms with Crippen LogP contribution in [0.25, 0.3) is 0 Å². The normalized spacial score (nSPS) is 10.4. The lowest BCUT2D eigenvalue weighted by atomic mass is 10.0. The maximum atomic E-state index is 12.4. The number of para-hydroxylation sites is 1. The molecule has 0 unspecified atom stereocenters. The van der Waals surface area contributed by atoms with Crippen molar-refractivity contribution >= 4 is 17.6 Å². The molecule has 160 valence electrons. The van der Waals surface area contributed by atoms with Crippen LogP contribution in [0.1, 0.15) is 40.9 Å².